The fourth-order valence-corrected chi connectivity index (χ4v) is 1.42. The third-order valence-corrected chi connectivity index (χ3v) is 2.55. The molecule has 2 N–H and O–H groups in total. The van der Waals surface area contributed by atoms with Gasteiger partial charge in [-0.05, 0) is 20.1 Å². The Morgan fingerprint density at radius 1 is 1.33 bits per heavy atom. The average Bonchev–Trinajstić information content (AvgIpc) is 2.16. The molecule has 5 nitrogen and oxygen atoms in total. The molecule has 0 saturated heterocycles. The standard InChI is InChI=1S/C9H16N4OS/c1-9(2,14-3)5-6-11-7(10)13-8(12-6)15-4/h5H2,1-4H3,(H2,10,11,12,13). The Bertz CT molecular complexity index is 343. The quantitative estimate of drug-likeness (QED) is 0.779. The maximum absolute atomic E-state index is 5.58. The first-order valence-electron chi connectivity index (χ1n) is 4.56. The fraction of sp³-hybridized carbons (Fsp3) is 0.667. The van der Waals surface area contributed by atoms with Crippen molar-refractivity contribution in [2.75, 3.05) is 19.1 Å². The van der Waals surface area contributed by atoms with Crippen molar-refractivity contribution >= 4 is 17.7 Å². The Hall–Kier alpha value is -0.880. The molecule has 0 spiro atoms. The number of nitrogens with two attached hydrogens (primary N) is 1. The van der Waals surface area contributed by atoms with E-state index in [1.54, 1.807) is 7.11 Å². The Morgan fingerprint density at radius 3 is 2.53 bits per heavy atom. The van der Waals surface area contributed by atoms with Gasteiger partial charge in [0.05, 0.1) is 5.60 Å². The molecule has 84 valence electrons. The number of nitrogens with zero attached hydrogens (tertiary/aromatic N) is 3. The Morgan fingerprint density at radius 2 is 2.00 bits per heavy atom. The molecule has 0 aliphatic rings. The molecular weight excluding hydrogens is 212 g/mol. The second kappa shape index (κ2) is 4.76. The number of thioether (sulfide) groups is 1. The van der Waals surface area contributed by atoms with Crippen LogP contribution in [-0.4, -0.2) is 33.9 Å². The van der Waals surface area contributed by atoms with E-state index in [2.05, 4.69) is 15.0 Å². The SMILES string of the molecule is COC(C)(C)Cc1nc(N)nc(SC)n1. The van der Waals surface area contributed by atoms with Gasteiger partial charge in [-0.1, -0.05) is 11.8 Å². The normalized spacial score (nSPS) is 11.7. The van der Waals surface area contributed by atoms with Gasteiger partial charge in [-0.25, -0.2) is 4.98 Å². The van der Waals surface area contributed by atoms with Gasteiger partial charge in [-0.15, -0.1) is 0 Å². The van der Waals surface area contributed by atoms with E-state index in [1.807, 2.05) is 20.1 Å². The van der Waals surface area contributed by atoms with Crippen molar-refractivity contribution in [3.8, 4) is 0 Å². The summed E-state index contributed by atoms with van der Waals surface area (Å²) in [5.41, 5.74) is 5.29. The van der Waals surface area contributed by atoms with E-state index >= 15 is 0 Å². The third kappa shape index (κ3) is 3.64. The van der Waals surface area contributed by atoms with Crippen LogP contribution in [0.2, 0.25) is 0 Å². The molecule has 0 atom stereocenters. The summed E-state index contributed by atoms with van der Waals surface area (Å²) in [5.74, 6) is 0.926. The van der Waals surface area contributed by atoms with Crippen LogP contribution >= 0.6 is 11.8 Å². The van der Waals surface area contributed by atoms with Gasteiger partial charge in [0, 0.05) is 13.5 Å². The van der Waals surface area contributed by atoms with E-state index in [0.717, 1.165) is 0 Å². The molecule has 1 aromatic rings. The molecule has 6 heteroatoms. The molecule has 0 aromatic carbocycles. The molecule has 1 rings (SSSR count). The van der Waals surface area contributed by atoms with Gasteiger partial charge >= 0.3 is 0 Å². The molecule has 1 aromatic heterocycles. The van der Waals surface area contributed by atoms with Crippen LogP contribution in [0.1, 0.15) is 19.7 Å². The first-order chi connectivity index (χ1) is 6.96. The van der Waals surface area contributed by atoms with E-state index in [1.165, 1.54) is 11.8 Å². The van der Waals surface area contributed by atoms with Crippen molar-refractivity contribution < 1.29 is 4.74 Å². The highest BCUT2D eigenvalue weighted by Gasteiger charge is 2.19. The highest BCUT2D eigenvalue weighted by Crippen LogP contribution is 2.16. The second-order valence-corrected chi connectivity index (χ2v) is 4.51. The summed E-state index contributed by atoms with van der Waals surface area (Å²) in [6.45, 7) is 3.96. The number of hydrogen-bond acceptors (Lipinski definition) is 6. The minimum absolute atomic E-state index is 0.260. The van der Waals surface area contributed by atoms with Gasteiger partial charge in [0.2, 0.25) is 5.95 Å². The number of aromatic nitrogens is 3. The zero-order chi connectivity index (χ0) is 11.5. The summed E-state index contributed by atoms with van der Waals surface area (Å²) in [4.78, 5) is 12.3. The number of nitrogen functional groups attached to an aromatic ring is 1. The van der Waals surface area contributed by atoms with Crippen LogP contribution in [0.25, 0.3) is 0 Å². The van der Waals surface area contributed by atoms with Crippen molar-refractivity contribution in [1.29, 1.82) is 0 Å². The highest BCUT2D eigenvalue weighted by molar-refractivity contribution is 7.98. The molecule has 0 aliphatic carbocycles. The molecule has 0 unspecified atom stereocenters. The first-order valence-corrected chi connectivity index (χ1v) is 5.79. The topological polar surface area (TPSA) is 73.9 Å². The second-order valence-electron chi connectivity index (χ2n) is 3.74. The summed E-state index contributed by atoms with van der Waals surface area (Å²) in [5, 5.41) is 0.643. The predicted octanol–water partition coefficient (Wildman–Crippen LogP) is 1.14. The summed E-state index contributed by atoms with van der Waals surface area (Å²) in [7, 11) is 1.67. The van der Waals surface area contributed by atoms with Crippen LogP contribution in [0.3, 0.4) is 0 Å². The minimum Gasteiger partial charge on any atom is -0.378 e. The van der Waals surface area contributed by atoms with Crippen LogP contribution in [-0.2, 0) is 11.2 Å². The Kier molecular flexibility index (Phi) is 3.87. The van der Waals surface area contributed by atoms with Gasteiger partial charge < -0.3 is 10.5 Å². The van der Waals surface area contributed by atoms with E-state index in [-0.39, 0.29) is 11.5 Å². The zero-order valence-electron chi connectivity index (χ0n) is 9.44. The molecule has 0 aliphatic heterocycles. The van der Waals surface area contributed by atoms with Crippen molar-refractivity contribution in [2.45, 2.75) is 31.0 Å². The monoisotopic (exact) mass is 228 g/mol. The molecular formula is C9H16N4OS. The molecule has 1 heterocycles. The maximum atomic E-state index is 5.58. The first kappa shape index (κ1) is 12.2. The van der Waals surface area contributed by atoms with Crippen LogP contribution in [0.4, 0.5) is 5.95 Å². The average molecular weight is 228 g/mol. The van der Waals surface area contributed by atoms with Crippen LogP contribution < -0.4 is 5.73 Å². The predicted molar refractivity (Wildman–Crippen MR) is 60.8 cm³/mol. The van der Waals surface area contributed by atoms with E-state index in [9.17, 15) is 0 Å². The number of methoxy groups -OCH3 is 1. The number of ether oxygens (including phenoxy) is 1. The number of anilines is 1. The van der Waals surface area contributed by atoms with Crippen molar-refractivity contribution in [3.05, 3.63) is 5.82 Å². The zero-order valence-corrected chi connectivity index (χ0v) is 10.3. The number of hydrogen-bond donors (Lipinski definition) is 1. The van der Waals surface area contributed by atoms with Crippen molar-refractivity contribution in [1.82, 2.24) is 15.0 Å². The third-order valence-electron chi connectivity index (χ3n) is 2.00. The van der Waals surface area contributed by atoms with Crippen LogP contribution in [0.5, 0.6) is 0 Å². The summed E-state index contributed by atoms with van der Waals surface area (Å²) in [6, 6.07) is 0. The number of rotatable bonds is 4. The van der Waals surface area contributed by atoms with Crippen molar-refractivity contribution in [2.24, 2.45) is 0 Å². The molecule has 0 saturated carbocycles. The lowest BCUT2D eigenvalue weighted by molar-refractivity contribution is 0.0214. The van der Waals surface area contributed by atoms with Crippen molar-refractivity contribution in [3.63, 3.8) is 0 Å². The van der Waals surface area contributed by atoms with Gasteiger partial charge in [0.25, 0.3) is 0 Å². The minimum atomic E-state index is -0.288. The van der Waals surface area contributed by atoms with Gasteiger partial charge in [0.1, 0.15) is 5.82 Å². The lowest BCUT2D eigenvalue weighted by Crippen LogP contribution is -2.27. The van der Waals surface area contributed by atoms with E-state index < -0.39 is 0 Å². The largest absolute Gasteiger partial charge is 0.378 e. The van der Waals surface area contributed by atoms with Crippen LogP contribution in [0, 0.1) is 0 Å². The summed E-state index contributed by atoms with van der Waals surface area (Å²) in [6.07, 6.45) is 2.52. The maximum Gasteiger partial charge on any atom is 0.224 e. The van der Waals surface area contributed by atoms with Gasteiger partial charge in [-0.2, -0.15) is 9.97 Å². The molecule has 0 fully saturated rings. The molecule has 15 heavy (non-hydrogen) atoms. The van der Waals surface area contributed by atoms with Gasteiger partial charge in [0.15, 0.2) is 5.16 Å². The summed E-state index contributed by atoms with van der Waals surface area (Å²) < 4.78 is 5.31. The smallest absolute Gasteiger partial charge is 0.224 e. The molecule has 0 amide bonds. The highest BCUT2D eigenvalue weighted by atomic mass is 32.2. The fourth-order valence-electron chi connectivity index (χ4n) is 1.04. The Balaban J connectivity index is 2.90. The lowest BCUT2D eigenvalue weighted by atomic mass is 10.1. The lowest BCUT2D eigenvalue weighted by Gasteiger charge is -2.21. The Labute approximate surface area is 93.9 Å². The molecule has 0 radical (unpaired) electrons. The van der Waals surface area contributed by atoms with Gasteiger partial charge in [-0.3, -0.25) is 0 Å². The van der Waals surface area contributed by atoms with Crippen LogP contribution in [0.15, 0.2) is 5.16 Å². The molecule has 0 bridgehead atoms. The van der Waals surface area contributed by atoms with E-state index in [0.29, 0.717) is 17.4 Å². The summed E-state index contributed by atoms with van der Waals surface area (Å²) >= 11 is 1.45. The van der Waals surface area contributed by atoms with E-state index in [4.69, 9.17) is 10.5 Å².